The van der Waals surface area contributed by atoms with Crippen molar-refractivity contribution in [2.45, 2.75) is 118 Å². The third-order valence-corrected chi connectivity index (χ3v) is 148. The van der Waals surface area contributed by atoms with Crippen LogP contribution in [0.1, 0.15) is 0 Å². The van der Waals surface area contributed by atoms with E-state index in [-0.39, 0.29) is 0 Å². The van der Waals surface area contributed by atoms with Gasteiger partial charge in [0.25, 0.3) is 0 Å². The largest absolute Gasteiger partial charge is 0.450 e. The molecule has 31 heavy (non-hydrogen) atoms. The van der Waals surface area contributed by atoms with E-state index in [0.717, 1.165) is 0 Å². The Morgan fingerprint density at radius 1 is 0.419 bits per heavy atom. The van der Waals surface area contributed by atoms with E-state index in [1.165, 1.54) is 0 Å². The summed E-state index contributed by atoms with van der Waals surface area (Å²) < 4.78 is 28.0. The fraction of sp³-hybridized carbons (Fsp3) is 1.00. The Morgan fingerprint density at radius 2 is 0.548 bits per heavy atom. The third-order valence-electron chi connectivity index (χ3n) is 6.84. The molecule has 4 nitrogen and oxygen atoms in total. The van der Waals surface area contributed by atoms with Crippen LogP contribution in [0, 0.1) is 0 Å². The molecule has 0 aromatic carbocycles. The molecule has 13 heteroatoms. The van der Waals surface area contributed by atoms with Gasteiger partial charge in [-0.05, 0) is 0 Å². The van der Waals surface area contributed by atoms with Crippen molar-refractivity contribution < 1.29 is 17.9 Å². The molecule has 0 aliphatic rings. The average molecular weight is 591 g/mol. The van der Waals surface area contributed by atoms with Crippen molar-refractivity contribution in [1.29, 1.82) is 0 Å². The minimum Gasteiger partial charge on any atom is -0.340 e. The lowest BCUT2D eigenvalue weighted by Gasteiger charge is -2.59. The molecular formula is C18H55O4PSi8. The fourth-order valence-corrected chi connectivity index (χ4v) is 214. The second kappa shape index (κ2) is 9.05. The molecule has 0 saturated carbocycles. The molecule has 0 atom stereocenters. The van der Waals surface area contributed by atoms with Crippen LogP contribution in [-0.4, -0.2) is 64.2 Å². The topological polar surface area (TPSA) is 55.8 Å². The van der Waals surface area contributed by atoms with Gasteiger partial charge in [0.15, 0.2) is 13.7 Å². The minimum absolute atomic E-state index is 1.85. The predicted molar refractivity (Wildman–Crippen MR) is 164 cm³/mol. The summed E-state index contributed by atoms with van der Waals surface area (Å²) >= 11 is 0. The molecule has 0 aromatic heterocycles. The van der Waals surface area contributed by atoms with Crippen LogP contribution >= 0.6 is 7.82 Å². The molecular weight excluding hydrogens is 536 g/mol. The molecule has 0 heterocycles. The molecule has 0 rings (SSSR count). The highest BCUT2D eigenvalue weighted by molar-refractivity contribution is 7.91. The number of hydrogen-bond acceptors (Lipinski definition) is 3. The first kappa shape index (κ1) is 32.8. The van der Waals surface area contributed by atoms with Crippen molar-refractivity contribution >= 4 is 67.1 Å². The van der Waals surface area contributed by atoms with Crippen molar-refractivity contribution in [1.82, 2.24) is 0 Å². The van der Waals surface area contributed by atoms with Gasteiger partial charge in [-0.25, -0.2) is 4.57 Å². The maximum atomic E-state index is 14.2. The Morgan fingerprint density at radius 3 is 0.645 bits per heavy atom. The zero-order valence-electron chi connectivity index (χ0n) is 24.1. The van der Waals surface area contributed by atoms with Crippen LogP contribution in [0.25, 0.3) is 0 Å². The summed E-state index contributed by atoms with van der Waals surface area (Å²) in [4.78, 5) is 11.7. The lowest BCUT2D eigenvalue weighted by atomic mass is 11.8. The highest BCUT2D eigenvalue weighted by atomic mass is 31.2. The van der Waals surface area contributed by atoms with Gasteiger partial charge < -0.3 is 13.3 Å². The molecule has 0 saturated heterocycles. The first-order valence-corrected chi connectivity index (χ1v) is 44.0. The highest BCUT2D eigenvalue weighted by Gasteiger charge is 2.70. The van der Waals surface area contributed by atoms with Gasteiger partial charge in [0, 0.05) is 0 Å². The van der Waals surface area contributed by atoms with Crippen LogP contribution in [-0.2, 0) is 13.0 Å². The van der Waals surface area contributed by atoms with Crippen molar-refractivity contribution in [3.8, 4) is 0 Å². The summed E-state index contributed by atoms with van der Waals surface area (Å²) in [5, 5.41) is 0. The zero-order valence-corrected chi connectivity index (χ0v) is 33.0. The summed E-state index contributed by atoms with van der Waals surface area (Å²) in [7, 11) is -15.3. The Labute approximate surface area is 202 Å². The lowest BCUT2D eigenvalue weighted by molar-refractivity contribution is 0.297. The van der Waals surface area contributed by atoms with E-state index in [1.807, 2.05) is 0 Å². The van der Waals surface area contributed by atoms with E-state index >= 15 is 0 Å². The van der Waals surface area contributed by atoms with Gasteiger partial charge >= 0.3 is 7.82 Å². The van der Waals surface area contributed by atoms with Crippen molar-refractivity contribution in [3.63, 3.8) is 0 Å². The van der Waals surface area contributed by atoms with Gasteiger partial charge in [-0.3, -0.25) is 0 Å². The Bertz CT molecular complexity index is 560. The standard InChI is InChI=1S/C18H55O4PSi8/c1-24(2,3)30(25(4,5)6,26(7,8)9)21-23(19,20)22-31(27(10,11)12,28(13,14)15)29(16,17)18/h1-18H3,(H,19,20). The van der Waals surface area contributed by atoms with Crippen molar-refractivity contribution in [3.05, 3.63) is 0 Å². The van der Waals surface area contributed by atoms with E-state index < -0.39 is 67.1 Å². The average Bonchev–Trinajstić information content (AvgIpc) is 2.33. The Hall–Kier alpha value is 1.85. The maximum Gasteiger partial charge on any atom is 0.450 e. The van der Waals surface area contributed by atoms with Crippen molar-refractivity contribution in [2.75, 3.05) is 0 Å². The second-order valence-electron chi connectivity index (χ2n) is 15.5. The van der Waals surface area contributed by atoms with Gasteiger partial charge in [0.05, 0.1) is 45.5 Å². The van der Waals surface area contributed by atoms with Gasteiger partial charge in [0.2, 0.25) is 0 Å². The molecule has 0 aliphatic heterocycles. The van der Waals surface area contributed by atoms with Gasteiger partial charge in [0.1, 0.15) is 0 Å². The molecule has 0 spiro atoms. The van der Waals surface area contributed by atoms with E-state index in [1.54, 1.807) is 0 Å². The Balaban J connectivity index is 7.09. The number of rotatable bonds is 10. The molecule has 0 aromatic rings. The highest BCUT2D eigenvalue weighted by Crippen LogP contribution is 2.57. The summed E-state index contributed by atoms with van der Waals surface area (Å²) in [6.07, 6.45) is 0. The zero-order chi connectivity index (χ0) is 25.9. The first-order valence-electron chi connectivity index (χ1n) is 11.7. The molecule has 0 unspecified atom stereocenters. The summed E-state index contributed by atoms with van der Waals surface area (Å²) in [5.41, 5.74) is 0. The number of phosphoric acid groups is 1. The maximum absolute atomic E-state index is 14.2. The van der Waals surface area contributed by atoms with E-state index in [9.17, 15) is 9.46 Å². The second-order valence-corrected chi connectivity index (χ2v) is 96.3. The van der Waals surface area contributed by atoms with Crippen LogP contribution < -0.4 is 0 Å². The van der Waals surface area contributed by atoms with Gasteiger partial charge in [-0.2, -0.15) is 0 Å². The van der Waals surface area contributed by atoms with Gasteiger partial charge in [-0.15, -0.1) is 0 Å². The summed E-state index contributed by atoms with van der Waals surface area (Å²) in [6, 6.07) is 0. The Kier molecular flexibility index (Phi) is 9.59. The van der Waals surface area contributed by atoms with Crippen LogP contribution in [0.3, 0.4) is 0 Å². The fourth-order valence-electron chi connectivity index (χ4n) is 7.94. The third kappa shape index (κ3) is 6.16. The minimum atomic E-state index is -4.18. The van der Waals surface area contributed by atoms with Crippen LogP contribution in [0.2, 0.25) is 118 Å². The molecule has 1 N–H and O–H groups in total. The molecule has 0 radical (unpaired) electrons. The molecule has 0 aliphatic carbocycles. The van der Waals surface area contributed by atoms with Crippen molar-refractivity contribution in [2.24, 2.45) is 0 Å². The normalized spacial score (nSPS) is 16.6. The summed E-state index contributed by atoms with van der Waals surface area (Å²) in [6.45, 7) is 38.0. The first-order chi connectivity index (χ1) is 12.9. The monoisotopic (exact) mass is 590 g/mol. The lowest BCUT2D eigenvalue weighted by Crippen LogP contribution is -2.85. The molecule has 0 amide bonds. The van der Waals surface area contributed by atoms with E-state index in [4.69, 9.17) is 8.43 Å². The van der Waals surface area contributed by atoms with E-state index in [2.05, 4.69) is 118 Å². The molecule has 0 bridgehead atoms. The van der Waals surface area contributed by atoms with Crippen LogP contribution in [0.4, 0.5) is 0 Å². The smallest absolute Gasteiger partial charge is 0.340 e. The van der Waals surface area contributed by atoms with Crippen LogP contribution in [0.15, 0.2) is 0 Å². The van der Waals surface area contributed by atoms with Crippen LogP contribution in [0.5, 0.6) is 0 Å². The molecule has 188 valence electrons. The number of hydrogen-bond donors (Lipinski definition) is 1. The SMILES string of the molecule is C[Si](C)(C)[Si](OP(=O)(O)O[Si]([Si](C)(C)C)([Si](C)(C)C)[Si](C)(C)C)([Si](C)(C)C)[Si](C)(C)C. The molecule has 0 fully saturated rings. The van der Waals surface area contributed by atoms with E-state index in [0.29, 0.717) is 0 Å². The van der Waals surface area contributed by atoms with Gasteiger partial charge in [-0.1, -0.05) is 118 Å². The quantitative estimate of drug-likeness (QED) is 0.211. The summed E-state index contributed by atoms with van der Waals surface area (Å²) in [5.74, 6) is 0. The predicted octanol–water partition coefficient (Wildman–Crippen LogP) is 7.51.